The predicted molar refractivity (Wildman–Crippen MR) is 95.5 cm³/mol. The summed E-state index contributed by atoms with van der Waals surface area (Å²) in [6, 6.07) is 7.97. The zero-order chi connectivity index (χ0) is 17.3. The van der Waals surface area contributed by atoms with Gasteiger partial charge in [-0.25, -0.2) is 4.98 Å². The van der Waals surface area contributed by atoms with Gasteiger partial charge in [-0.15, -0.1) is 10.2 Å². The Hall–Kier alpha value is -2.41. The van der Waals surface area contributed by atoms with Gasteiger partial charge < -0.3 is 5.32 Å². The number of aromatic nitrogens is 4. The normalized spacial score (nSPS) is 11.0. The first-order valence-corrected chi connectivity index (χ1v) is 8.62. The second kappa shape index (κ2) is 6.60. The quantitative estimate of drug-likeness (QED) is 0.738. The highest BCUT2D eigenvalue weighted by Gasteiger charge is 2.13. The summed E-state index contributed by atoms with van der Waals surface area (Å²) in [6.45, 7) is 7.88. The van der Waals surface area contributed by atoms with Gasteiger partial charge in [0.05, 0.1) is 5.75 Å². The zero-order valence-electron chi connectivity index (χ0n) is 14.1. The van der Waals surface area contributed by atoms with Crippen LogP contribution in [0.25, 0.3) is 5.78 Å². The van der Waals surface area contributed by atoms with Crippen LogP contribution in [0.4, 0.5) is 5.69 Å². The molecule has 0 radical (unpaired) electrons. The van der Waals surface area contributed by atoms with Gasteiger partial charge in [0, 0.05) is 17.1 Å². The van der Waals surface area contributed by atoms with E-state index < -0.39 is 0 Å². The fourth-order valence-corrected chi connectivity index (χ4v) is 3.27. The molecule has 3 rings (SSSR count). The Morgan fingerprint density at radius 2 is 1.96 bits per heavy atom. The first kappa shape index (κ1) is 16.4. The molecule has 124 valence electrons. The average molecular weight is 341 g/mol. The fraction of sp³-hybridized carbons (Fsp3) is 0.294. The lowest BCUT2D eigenvalue weighted by Crippen LogP contribution is -2.15. The van der Waals surface area contributed by atoms with Gasteiger partial charge in [-0.2, -0.15) is 0 Å². The minimum absolute atomic E-state index is 0.0665. The number of hydrogen-bond acceptors (Lipinski definition) is 5. The second-order valence-electron chi connectivity index (χ2n) is 5.81. The first-order valence-electron chi connectivity index (χ1n) is 7.63. The molecule has 3 aromatic rings. The van der Waals surface area contributed by atoms with Crippen LogP contribution in [0.2, 0.25) is 0 Å². The standard InChI is InChI=1S/C17H19N5OS/c1-10-5-6-11(2)14(7-10)19-15(23)9-24-17-21-20-16-18-12(3)8-13(4)22(16)17/h5-8H,9H2,1-4H3,(H,19,23). The van der Waals surface area contributed by atoms with Gasteiger partial charge in [-0.1, -0.05) is 23.9 Å². The SMILES string of the molecule is Cc1ccc(C)c(NC(=O)CSc2nnc3nc(C)cc(C)n23)c1. The number of thioether (sulfide) groups is 1. The zero-order valence-corrected chi connectivity index (χ0v) is 14.9. The monoisotopic (exact) mass is 341 g/mol. The van der Waals surface area contributed by atoms with E-state index in [1.807, 2.05) is 56.4 Å². The van der Waals surface area contributed by atoms with E-state index in [4.69, 9.17) is 0 Å². The summed E-state index contributed by atoms with van der Waals surface area (Å²) in [4.78, 5) is 16.6. The second-order valence-corrected chi connectivity index (χ2v) is 6.75. The predicted octanol–water partition coefficient (Wildman–Crippen LogP) is 3.09. The number of carbonyl (C=O) groups excluding carboxylic acids is 1. The molecule has 7 heteroatoms. The summed E-state index contributed by atoms with van der Waals surface area (Å²) in [5.41, 5.74) is 4.91. The highest BCUT2D eigenvalue weighted by Crippen LogP contribution is 2.20. The Bertz CT molecular complexity index is 919. The molecule has 2 aromatic heterocycles. The topological polar surface area (TPSA) is 72.2 Å². The van der Waals surface area contributed by atoms with Crippen molar-refractivity contribution in [1.29, 1.82) is 0 Å². The van der Waals surface area contributed by atoms with Gasteiger partial charge in [0.1, 0.15) is 0 Å². The van der Waals surface area contributed by atoms with E-state index in [2.05, 4.69) is 20.5 Å². The molecule has 0 bridgehead atoms. The van der Waals surface area contributed by atoms with Crippen LogP contribution in [0, 0.1) is 27.7 Å². The van der Waals surface area contributed by atoms with Gasteiger partial charge >= 0.3 is 0 Å². The Balaban J connectivity index is 1.72. The number of benzene rings is 1. The number of amides is 1. The van der Waals surface area contributed by atoms with Crippen molar-refractivity contribution in [3.8, 4) is 0 Å². The summed E-state index contributed by atoms with van der Waals surface area (Å²) in [6.07, 6.45) is 0. The maximum absolute atomic E-state index is 12.2. The highest BCUT2D eigenvalue weighted by molar-refractivity contribution is 7.99. The van der Waals surface area contributed by atoms with E-state index in [1.165, 1.54) is 11.8 Å². The molecule has 0 saturated carbocycles. The molecule has 24 heavy (non-hydrogen) atoms. The Morgan fingerprint density at radius 1 is 1.17 bits per heavy atom. The van der Waals surface area contributed by atoms with E-state index in [1.54, 1.807) is 0 Å². The van der Waals surface area contributed by atoms with E-state index >= 15 is 0 Å². The van der Waals surface area contributed by atoms with Crippen LogP contribution in [-0.4, -0.2) is 31.2 Å². The number of nitrogens with one attached hydrogen (secondary N) is 1. The van der Waals surface area contributed by atoms with Crippen LogP contribution in [-0.2, 0) is 4.79 Å². The van der Waals surface area contributed by atoms with Gasteiger partial charge in [-0.3, -0.25) is 9.20 Å². The van der Waals surface area contributed by atoms with E-state index in [0.717, 1.165) is 28.2 Å². The third-order valence-corrected chi connectivity index (χ3v) is 4.59. The molecule has 0 aliphatic heterocycles. The van der Waals surface area contributed by atoms with Crippen LogP contribution < -0.4 is 5.32 Å². The largest absolute Gasteiger partial charge is 0.325 e. The van der Waals surface area contributed by atoms with Crippen molar-refractivity contribution < 1.29 is 4.79 Å². The first-order chi connectivity index (χ1) is 11.4. The van der Waals surface area contributed by atoms with Crippen LogP contribution in [0.5, 0.6) is 0 Å². The van der Waals surface area contributed by atoms with Crippen molar-refractivity contribution in [1.82, 2.24) is 19.6 Å². The molecule has 0 spiro atoms. The van der Waals surface area contributed by atoms with Gasteiger partial charge in [0.2, 0.25) is 5.91 Å². The maximum Gasteiger partial charge on any atom is 0.256 e. The van der Waals surface area contributed by atoms with E-state index in [-0.39, 0.29) is 11.7 Å². The smallest absolute Gasteiger partial charge is 0.256 e. The van der Waals surface area contributed by atoms with Gasteiger partial charge in [-0.05, 0) is 51.0 Å². The lowest BCUT2D eigenvalue weighted by Gasteiger charge is -2.09. The summed E-state index contributed by atoms with van der Waals surface area (Å²) in [7, 11) is 0. The highest BCUT2D eigenvalue weighted by atomic mass is 32.2. The molecule has 1 amide bonds. The lowest BCUT2D eigenvalue weighted by molar-refractivity contribution is -0.113. The summed E-state index contributed by atoms with van der Waals surface area (Å²) in [5, 5.41) is 11.8. The van der Waals surface area contributed by atoms with Crippen LogP contribution in [0.1, 0.15) is 22.5 Å². The number of aryl methyl sites for hydroxylation is 4. The molecule has 0 aliphatic rings. The molecule has 1 N–H and O–H groups in total. The van der Waals surface area contributed by atoms with Crippen LogP contribution in [0.3, 0.4) is 0 Å². The number of rotatable bonds is 4. The lowest BCUT2D eigenvalue weighted by atomic mass is 10.1. The van der Waals surface area contributed by atoms with Crippen molar-refractivity contribution in [3.05, 3.63) is 46.8 Å². The maximum atomic E-state index is 12.2. The molecule has 2 heterocycles. The molecule has 1 aromatic carbocycles. The molecule has 6 nitrogen and oxygen atoms in total. The van der Waals surface area contributed by atoms with Crippen molar-refractivity contribution in [2.75, 3.05) is 11.1 Å². The van der Waals surface area contributed by atoms with Crippen LogP contribution >= 0.6 is 11.8 Å². The third kappa shape index (κ3) is 3.41. The molecular formula is C17H19N5OS. The summed E-state index contributed by atoms with van der Waals surface area (Å²) in [5.74, 6) is 0.759. The fourth-order valence-electron chi connectivity index (χ4n) is 2.48. The van der Waals surface area contributed by atoms with Crippen LogP contribution in [0.15, 0.2) is 29.4 Å². The average Bonchev–Trinajstić information content (AvgIpc) is 2.92. The minimum atomic E-state index is -0.0665. The Morgan fingerprint density at radius 3 is 2.75 bits per heavy atom. The molecule has 0 fully saturated rings. The number of nitrogens with zero attached hydrogens (tertiary/aromatic N) is 4. The Labute approximate surface area is 144 Å². The molecule has 0 aliphatic carbocycles. The molecular weight excluding hydrogens is 322 g/mol. The number of hydrogen-bond donors (Lipinski definition) is 1. The minimum Gasteiger partial charge on any atom is -0.325 e. The summed E-state index contributed by atoms with van der Waals surface area (Å²) >= 11 is 1.35. The third-order valence-electron chi connectivity index (χ3n) is 3.66. The number of carbonyl (C=O) groups is 1. The molecule has 0 unspecified atom stereocenters. The molecule has 0 atom stereocenters. The summed E-state index contributed by atoms with van der Waals surface area (Å²) < 4.78 is 1.86. The number of fused-ring (bicyclic) bond motifs is 1. The van der Waals surface area contributed by atoms with E-state index in [0.29, 0.717) is 10.9 Å². The van der Waals surface area contributed by atoms with Gasteiger partial charge in [0.25, 0.3) is 5.78 Å². The van der Waals surface area contributed by atoms with Crippen molar-refractivity contribution in [3.63, 3.8) is 0 Å². The van der Waals surface area contributed by atoms with Crippen molar-refractivity contribution in [2.45, 2.75) is 32.9 Å². The van der Waals surface area contributed by atoms with Gasteiger partial charge in [0.15, 0.2) is 5.16 Å². The molecule has 0 saturated heterocycles. The van der Waals surface area contributed by atoms with Crippen molar-refractivity contribution in [2.24, 2.45) is 0 Å². The van der Waals surface area contributed by atoms with E-state index in [9.17, 15) is 4.79 Å². The van der Waals surface area contributed by atoms with Crippen molar-refractivity contribution >= 4 is 29.1 Å². The number of anilines is 1. The Kier molecular flexibility index (Phi) is 4.53.